The van der Waals surface area contributed by atoms with E-state index in [2.05, 4.69) is 13.5 Å². The fraction of sp³-hybridized carbons (Fsp3) is 0.826. The summed E-state index contributed by atoms with van der Waals surface area (Å²) in [5, 5.41) is 0. The van der Waals surface area contributed by atoms with Crippen LogP contribution in [0.15, 0.2) is 12.2 Å². The zero-order valence-corrected chi connectivity index (χ0v) is 18.3. The standard InChI is InChI=1S/C12H18O.C9H18O2.C2H6/c1-8(2)12(13)7-11-6-9-3-4-10(11)5-9;1-5-9(3,4)11-7-6-8(2)10;1-2/h9-11H,1,3-7H2,2H3;5-7H2,1-4H3;1-2H3. The molecule has 152 valence electrons. The lowest BCUT2D eigenvalue weighted by atomic mass is 9.84. The van der Waals surface area contributed by atoms with Gasteiger partial charge in [-0.3, -0.25) is 9.59 Å². The molecule has 0 N–H and O–H groups in total. The van der Waals surface area contributed by atoms with Gasteiger partial charge in [-0.05, 0) is 76.7 Å². The molecule has 2 bridgehead atoms. The Balaban J connectivity index is 0.000000446. The average molecular weight is 367 g/mol. The molecule has 3 heteroatoms. The number of hydrogen-bond acceptors (Lipinski definition) is 3. The molecule has 0 aromatic rings. The van der Waals surface area contributed by atoms with Gasteiger partial charge < -0.3 is 4.74 Å². The predicted octanol–water partition coefficient (Wildman–Crippen LogP) is 6.15. The molecule has 2 rings (SSSR count). The first kappa shape index (κ1) is 25.0. The summed E-state index contributed by atoms with van der Waals surface area (Å²) in [4.78, 5) is 22.0. The summed E-state index contributed by atoms with van der Waals surface area (Å²) < 4.78 is 5.47. The van der Waals surface area contributed by atoms with E-state index < -0.39 is 0 Å². The smallest absolute Gasteiger partial charge is 0.158 e. The van der Waals surface area contributed by atoms with Crippen molar-refractivity contribution >= 4 is 11.6 Å². The van der Waals surface area contributed by atoms with Gasteiger partial charge in [0, 0.05) is 12.8 Å². The summed E-state index contributed by atoms with van der Waals surface area (Å²) >= 11 is 0. The minimum Gasteiger partial charge on any atom is -0.375 e. The van der Waals surface area contributed by atoms with E-state index in [1.807, 2.05) is 34.6 Å². The molecule has 0 radical (unpaired) electrons. The van der Waals surface area contributed by atoms with Crippen molar-refractivity contribution in [1.82, 2.24) is 0 Å². The fourth-order valence-corrected chi connectivity index (χ4v) is 3.61. The highest BCUT2D eigenvalue weighted by atomic mass is 16.5. The Labute approximate surface area is 162 Å². The van der Waals surface area contributed by atoms with Gasteiger partial charge in [0.2, 0.25) is 0 Å². The van der Waals surface area contributed by atoms with Crippen molar-refractivity contribution in [3.8, 4) is 0 Å². The largest absolute Gasteiger partial charge is 0.375 e. The third-order valence-corrected chi connectivity index (χ3v) is 5.61. The Morgan fingerprint density at radius 3 is 2.12 bits per heavy atom. The first-order chi connectivity index (χ1) is 12.1. The molecular formula is C23H42O3. The monoisotopic (exact) mass is 366 g/mol. The highest BCUT2D eigenvalue weighted by molar-refractivity contribution is 5.94. The molecule has 26 heavy (non-hydrogen) atoms. The van der Waals surface area contributed by atoms with Crippen LogP contribution >= 0.6 is 0 Å². The van der Waals surface area contributed by atoms with Gasteiger partial charge in [0.05, 0.1) is 12.2 Å². The molecule has 0 saturated heterocycles. The Hall–Kier alpha value is -0.960. The van der Waals surface area contributed by atoms with Crippen LogP contribution in [-0.2, 0) is 14.3 Å². The van der Waals surface area contributed by atoms with Crippen molar-refractivity contribution < 1.29 is 14.3 Å². The van der Waals surface area contributed by atoms with Gasteiger partial charge in [-0.15, -0.1) is 0 Å². The van der Waals surface area contributed by atoms with Crippen LogP contribution in [-0.4, -0.2) is 23.8 Å². The molecule has 3 atom stereocenters. The third kappa shape index (κ3) is 9.66. The van der Waals surface area contributed by atoms with Gasteiger partial charge in [0.15, 0.2) is 5.78 Å². The summed E-state index contributed by atoms with van der Waals surface area (Å²) in [5.41, 5.74) is 0.665. The van der Waals surface area contributed by atoms with E-state index in [9.17, 15) is 9.59 Å². The zero-order valence-electron chi connectivity index (χ0n) is 18.3. The van der Waals surface area contributed by atoms with Crippen LogP contribution in [0.4, 0.5) is 0 Å². The van der Waals surface area contributed by atoms with Crippen LogP contribution < -0.4 is 0 Å². The van der Waals surface area contributed by atoms with E-state index in [0.29, 0.717) is 18.9 Å². The summed E-state index contributed by atoms with van der Waals surface area (Å²) in [6.07, 6.45) is 7.78. The lowest BCUT2D eigenvalue weighted by Crippen LogP contribution is -2.24. The summed E-state index contributed by atoms with van der Waals surface area (Å²) in [5.74, 6) is 3.00. The number of fused-ring (bicyclic) bond motifs is 2. The maximum absolute atomic E-state index is 11.5. The molecule has 0 spiro atoms. The highest BCUT2D eigenvalue weighted by Crippen LogP contribution is 2.49. The average Bonchev–Trinajstić information content (AvgIpc) is 3.19. The maximum Gasteiger partial charge on any atom is 0.158 e. The Kier molecular flexibility index (Phi) is 12.0. The number of allylic oxidation sites excluding steroid dienone is 1. The van der Waals surface area contributed by atoms with Gasteiger partial charge >= 0.3 is 0 Å². The number of Topliss-reactive ketones (excluding diaryl/α,β-unsaturated/α-hetero) is 2. The molecule has 2 aliphatic rings. The molecule has 3 unspecified atom stereocenters. The molecular weight excluding hydrogens is 324 g/mol. The van der Waals surface area contributed by atoms with E-state index in [1.165, 1.54) is 25.7 Å². The molecule has 0 aliphatic heterocycles. The second-order valence-corrected chi connectivity index (χ2v) is 8.26. The normalized spacial score (nSPS) is 23.4. The van der Waals surface area contributed by atoms with Gasteiger partial charge in [0.1, 0.15) is 5.78 Å². The minimum atomic E-state index is -0.0740. The van der Waals surface area contributed by atoms with E-state index in [-0.39, 0.29) is 17.2 Å². The summed E-state index contributed by atoms with van der Waals surface area (Å²) in [7, 11) is 0. The van der Waals surface area contributed by atoms with Gasteiger partial charge in [-0.2, -0.15) is 0 Å². The van der Waals surface area contributed by atoms with E-state index in [0.717, 1.165) is 30.3 Å². The first-order valence-corrected chi connectivity index (χ1v) is 10.5. The quantitative estimate of drug-likeness (QED) is 0.483. The minimum absolute atomic E-state index is 0.0740. The molecule has 2 aliphatic carbocycles. The number of ether oxygens (including phenoxy) is 1. The molecule has 0 heterocycles. The number of ketones is 2. The molecule has 3 nitrogen and oxygen atoms in total. The number of hydrogen-bond donors (Lipinski definition) is 0. The lowest BCUT2D eigenvalue weighted by molar-refractivity contribution is -0.119. The summed E-state index contributed by atoms with van der Waals surface area (Å²) in [6, 6.07) is 0. The van der Waals surface area contributed by atoms with Crippen molar-refractivity contribution in [3.05, 3.63) is 12.2 Å². The predicted molar refractivity (Wildman–Crippen MR) is 110 cm³/mol. The SMILES string of the molecule is C=C(C)C(=O)CC1CC2CCC1C2.CC.CCC(C)(C)OCCC(C)=O. The van der Waals surface area contributed by atoms with Crippen molar-refractivity contribution in [2.24, 2.45) is 17.8 Å². The number of rotatable bonds is 8. The van der Waals surface area contributed by atoms with Crippen LogP contribution in [0.25, 0.3) is 0 Å². The second-order valence-electron chi connectivity index (χ2n) is 8.26. The van der Waals surface area contributed by atoms with Crippen molar-refractivity contribution in [2.75, 3.05) is 6.61 Å². The summed E-state index contributed by atoms with van der Waals surface area (Å²) in [6.45, 7) is 17.8. The first-order valence-electron chi connectivity index (χ1n) is 10.5. The molecule has 0 amide bonds. The molecule has 2 fully saturated rings. The fourth-order valence-electron chi connectivity index (χ4n) is 3.61. The van der Waals surface area contributed by atoms with Crippen LogP contribution in [0.3, 0.4) is 0 Å². The van der Waals surface area contributed by atoms with E-state index >= 15 is 0 Å². The Morgan fingerprint density at radius 2 is 1.73 bits per heavy atom. The van der Waals surface area contributed by atoms with Crippen molar-refractivity contribution in [1.29, 1.82) is 0 Å². The molecule has 2 saturated carbocycles. The lowest BCUT2D eigenvalue weighted by Gasteiger charge is -2.22. The highest BCUT2D eigenvalue weighted by Gasteiger charge is 2.39. The van der Waals surface area contributed by atoms with Gasteiger partial charge in [-0.1, -0.05) is 33.8 Å². The molecule has 0 aromatic heterocycles. The maximum atomic E-state index is 11.5. The van der Waals surface area contributed by atoms with Crippen LogP contribution in [0, 0.1) is 17.8 Å². The van der Waals surface area contributed by atoms with E-state index in [4.69, 9.17) is 4.74 Å². The van der Waals surface area contributed by atoms with Crippen LogP contribution in [0.5, 0.6) is 0 Å². The molecule has 0 aromatic carbocycles. The number of carbonyl (C=O) groups excluding carboxylic acids is 2. The Morgan fingerprint density at radius 1 is 1.12 bits per heavy atom. The van der Waals surface area contributed by atoms with Crippen LogP contribution in [0.2, 0.25) is 0 Å². The Bertz CT molecular complexity index is 450. The van der Waals surface area contributed by atoms with Crippen molar-refractivity contribution in [3.63, 3.8) is 0 Å². The number of carbonyl (C=O) groups is 2. The second kappa shape index (κ2) is 12.4. The van der Waals surface area contributed by atoms with Crippen molar-refractivity contribution in [2.45, 2.75) is 99.0 Å². The van der Waals surface area contributed by atoms with E-state index in [1.54, 1.807) is 6.92 Å². The van der Waals surface area contributed by atoms with Gasteiger partial charge in [0.25, 0.3) is 0 Å². The topological polar surface area (TPSA) is 43.4 Å². The zero-order chi connectivity index (χ0) is 20.3. The van der Waals surface area contributed by atoms with Gasteiger partial charge in [-0.25, -0.2) is 0 Å². The third-order valence-electron chi connectivity index (χ3n) is 5.61. The van der Waals surface area contributed by atoms with Crippen LogP contribution in [0.1, 0.15) is 93.4 Å².